The molecule has 0 atom stereocenters. The molecule has 0 unspecified atom stereocenters. The molecule has 0 fully saturated rings. The molecule has 124 valence electrons. The molecule has 24 heavy (non-hydrogen) atoms. The van der Waals surface area contributed by atoms with Gasteiger partial charge in [-0.05, 0) is 48.6 Å². The van der Waals surface area contributed by atoms with E-state index >= 15 is 0 Å². The Balaban J connectivity index is 2.33. The van der Waals surface area contributed by atoms with Crippen molar-refractivity contribution >= 4 is 56.4 Å². The average Bonchev–Trinajstić information content (AvgIpc) is 2.86. The molecule has 0 saturated heterocycles. The highest BCUT2D eigenvalue weighted by molar-refractivity contribution is 9.15. The summed E-state index contributed by atoms with van der Waals surface area (Å²) in [5, 5.41) is 0. The van der Waals surface area contributed by atoms with E-state index in [4.69, 9.17) is 0 Å². The molecule has 3 nitrogen and oxygen atoms in total. The molecule has 0 amide bonds. The lowest BCUT2D eigenvalue weighted by Crippen LogP contribution is -2.25. The van der Waals surface area contributed by atoms with Crippen LogP contribution in [0.4, 0.5) is 0 Å². The predicted molar refractivity (Wildman–Crippen MR) is 107 cm³/mol. The third kappa shape index (κ3) is 2.98. The van der Waals surface area contributed by atoms with Crippen LogP contribution in [-0.4, -0.2) is 26.0 Å². The Morgan fingerprint density at radius 3 is 2.08 bits per heavy atom. The fourth-order valence-electron chi connectivity index (χ4n) is 2.67. The van der Waals surface area contributed by atoms with Crippen LogP contribution in [-0.2, 0) is 10.0 Å². The number of fused-ring (bicyclic) bond motifs is 1. The van der Waals surface area contributed by atoms with Crippen LogP contribution >= 0.6 is 31.9 Å². The second-order valence-corrected chi connectivity index (χ2v) is 9.09. The predicted octanol–water partition coefficient (Wildman–Crippen LogP) is 4.92. The van der Waals surface area contributed by atoms with E-state index in [0.29, 0.717) is 5.70 Å². The van der Waals surface area contributed by atoms with E-state index in [-0.39, 0.29) is 0 Å². The monoisotopic (exact) mass is 467 g/mol. The lowest BCUT2D eigenvalue weighted by Gasteiger charge is -2.21. The summed E-state index contributed by atoms with van der Waals surface area (Å²) in [6.45, 7) is 0. The van der Waals surface area contributed by atoms with Crippen molar-refractivity contribution in [3.05, 3.63) is 77.0 Å². The first-order valence-electron chi connectivity index (χ1n) is 7.21. The molecule has 0 heterocycles. The van der Waals surface area contributed by atoms with Crippen molar-refractivity contribution in [1.29, 1.82) is 0 Å². The van der Waals surface area contributed by atoms with Crippen molar-refractivity contribution in [3.63, 3.8) is 0 Å². The Hall–Kier alpha value is -1.37. The van der Waals surface area contributed by atoms with Gasteiger partial charge in [0, 0.05) is 17.1 Å². The van der Waals surface area contributed by atoms with E-state index in [1.54, 1.807) is 7.05 Å². The summed E-state index contributed by atoms with van der Waals surface area (Å²) >= 11 is 7.29. The minimum absolute atomic E-state index is 0.634. The number of benzene rings is 2. The summed E-state index contributed by atoms with van der Waals surface area (Å²) in [7, 11) is -1.82. The van der Waals surface area contributed by atoms with Gasteiger partial charge in [0.15, 0.2) is 0 Å². The number of hydrogen-bond donors (Lipinski definition) is 0. The normalized spacial score (nSPS) is 16.2. The Morgan fingerprint density at radius 2 is 1.50 bits per heavy atom. The average molecular weight is 469 g/mol. The molecule has 6 heteroatoms. The van der Waals surface area contributed by atoms with Gasteiger partial charge in [-0.15, -0.1) is 0 Å². The van der Waals surface area contributed by atoms with Crippen molar-refractivity contribution in [2.24, 2.45) is 0 Å². The van der Waals surface area contributed by atoms with Gasteiger partial charge >= 0.3 is 0 Å². The van der Waals surface area contributed by atoms with Gasteiger partial charge in [0.2, 0.25) is 10.0 Å². The van der Waals surface area contributed by atoms with Crippen LogP contribution < -0.4 is 0 Å². The fraction of sp³-hybridized carbons (Fsp3) is 0.111. The molecule has 0 aliphatic heterocycles. The minimum Gasteiger partial charge on any atom is -0.272 e. The smallest absolute Gasteiger partial charge is 0.232 e. The minimum atomic E-state index is -3.40. The Bertz CT molecular complexity index is 964. The standard InChI is InChI=1S/C18H15Br2NO2S/c1-21(24(2,22)23)18-15(16(19)12-8-4-3-5-9-12)13-10-6-7-11-14(13)17(18)20/h3-11H,1-2H3/b16-15-. The zero-order valence-corrected chi connectivity index (χ0v) is 17.1. The van der Waals surface area contributed by atoms with Crippen LogP contribution in [0.25, 0.3) is 14.5 Å². The summed E-state index contributed by atoms with van der Waals surface area (Å²) in [4.78, 5) is 0. The number of allylic oxidation sites excluding steroid dienone is 1. The summed E-state index contributed by atoms with van der Waals surface area (Å²) in [6.07, 6.45) is 1.21. The van der Waals surface area contributed by atoms with Gasteiger partial charge < -0.3 is 0 Å². The summed E-state index contributed by atoms with van der Waals surface area (Å²) in [5.74, 6) is 0. The molecular formula is C18H15Br2NO2S. The number of rotatable bonds is 3. The third-order valence-electron chi connectivity index (χ3n) is 3.94. The number of sulfonamides is 1. The van der Waals surface area contributed by atoms with Gasteiger partial charge in [0.05, 0.1) is 16.4 Å². The zero-order valence-electron chi connectivity index (χ0n) is 13.1. The van der Waals surface area contributed by atoms with Crippen LogP contribution in [0, 0.1) is 0 Å². The van der Waals surface area contributed by atoms with E-state index in [1.165, 1.54) is 10.6 Å². The van der Waals surface area contributed by atoms with Crippen LogP contribution in [0.2, 0.25) is 0 Å². The molecule has 0 aromatic heterocycles. The fourth-order valence-corrected chi connectivity index (χ4v) is 4.78. The number of hydrogen-bond acceptors (Lipinski definition) is 2. The van der Waals surface area contributed by atoms with Crippen molar-refractivity contribution in [2.45, 2.75) is 0 Å². The molecule has 0 spiro atoms. The quantitative estimate of drug-likeness (QED) is 0.641. The first-order valence-corrected chi connectivity index (χ1v) is 10.6. The molecule has 0 radical (unpaired) electrons. The second-order valence-electron chi connectivity index (χ2n) is 5.49. The van der Waals surface area contributed by atoms with Gasteiger partial charge in [-0.2, -0.15) is 0 Å². The maximum Gasteiger partial charge on any atom is 0.232 e. The molecule has 2 aromatic rings. The van der Waals surface area contributed by atoms with Gasteiger partial charge in [-0.3, -0.25) is 4.31 Å². The summed E-state index contributed by atoms with van der Waals surface area (Å²) < 4.78 is 27.3. The lowest BCUT2D eigenvalue weighted by molar-refractivity contribution is 0.539. The highest BCUT2D eigenvalue weighted by Gasteiger charge is 2.32. The van der Waals surface area contributed by atoms with E-state index < -0.39 is 10.0 Å². The molecule has 0 bridgehead atoms. The first kappa shape index (κ1) is 17.5. The Kier molecular flexibility index (Phi) is 4.73. The summed E-state index contributed by atoms with van der Waals surface area (Å²) in [6, 6.07) is 17.7. The van der Waals surface area contributed by atoms with Gasteiger partial charge in [0.25, 0.3) is 0 Å². The zero-order chi connectivity index (χ0) is 17.5. The molecule has 0 N–H and O–H groups in total. The lowest BCUT2D eigenvalue weighted by atomic mass is 10.0. The van der Waals surface area contributed by atoms with E-state index in [2.05, 4.69) is 31.9 Å². The van der Waals surface area contributed by atoms with Crippen LogP contribution in [0.15, 0.2) is 60.3 Å². The largest absolute Gasteiger partial charge is 0.272 e. The third-order valence-corrected chi connectivity index (χ3v) is 6.77. The second kappa shape index (κ2) is 6.50. The van der Waals surface area contributed by atoms with Crippen LogP contribution in [0.1, 0.15) is 16.7 Å². The summed E-state index contributed by atoms with van der Waals surface area (Å²) in [5.41, 5.74) is 4.45. The SMILES string of the molecule is CN(C1=C(Br)c2ccccc2/C1=C(/Br)c1ccccc1)S(C)(=O)=O. The van der Waals surface area contributed by atoms with Crippen molar-refractivity contribution in [2.75, 3.05) is 13.3 Å². The highest BCUT2D eigenvalue weighted by Crippen LogP contribution is 2.50. The molecular weight excluding hydrogens is 454 g/mol. The van der Waals surface area contributed by atoms with Gasteiger partial charge in [-0.1, -0.05) is 54.6 Å². The van der Waals surface area contributed by atoms with E-state index in [9.17, 15) is 8.42 Å². The molecule has 1 aliphatic carbocycles. The van der Waals surface area contributed by atoms with Gasteiger partial charge in [-0.25, -0.2) is 8.42 Å². The van der Waals surface area contributed by atoms with Crippen LogP contribution in [0.5, 0.6) is 0 Å². The molecule has 0 saturated carbocycles. The maximum absolute atomic E-state index is 12.2. The van der Waals surface area contributed by atoms with Gasteiger partial charge in [0.1, 0.15) is 0 Å². The number of likely N-dealkylation sites (N-methyl/N-ethyl adjacent to an activating group) is 1. The molecule has 2 aromatic carbocycles. The Labute approximate surface area is 159 Å². The first-order chi connectivity index (χ1) is 11.3. The highest BCUT2D eigenvalue weighted by atomic mass is 79.9. The van der Waals surface area contributed by atoms with E-state index in [1.807, 2.05) is 54.6 Å². The maximum atomic E-state index is 12.2. The van der Waals surface area contributed by atoms with E-state index in [0.717, 1.165) is 31.2 Å². The Morgan fingerprint density at radius 1 is 0.958 bits per heavy atom. The number of nitrogens with zero attached hydrogens (tertiary/aromatic N) is 1. The molecule has 1 aliphatic rings. The van der Waals surface area contributed by atoms with Crippen molar-refractivity contribution < 1.29 is 8.42 Å². The number of halogens is 2. The van der Waals surface area contributed by atoms with Crippen molar-refractivity contribution in [3.8, 4) is 0 Å². The molecule has 3 rings (SSSR count). The van der Waals surface area contributed by atoms with Crippen LogP contribution in [0.3, 0.4) is 0 Å². The topological polar surface area (TPSA) is 37.4 Å². The van der Waals surface area contributed by atoms with Crippen molar-refractivity contribution in [1.82, 2.24) is 4.31 Å².